The smallest absolute Gasteiger partial charge is 0.110 e. The molecule has 3 aromatic rings. The van der Waals surface area contributed by atoms with Gasteiger partial charge in [0.05, 0.1) is 29.1 Å². The molecule has 3 nitrogen and oxygen atoms in total. The molecule has 68 valence electrons. The number of fused-ring (bicyclic) bond motifs is 3. The standard InChI is InChI=1S/C10H6IN3/c11-14-10-8-4-2-1-3-7(8)5-12-9(10)6-13-14/h1-6H. The fourth-order valence-electron chi connectivity index (χ4n) is 1.61. The number of hydrogen-bond donors (Lipinski definition) is 0. The maximum atomic E-state index is 4.34. The van der Waals surface area contributed by atoms with Gasteiger partial charge in [0.2, 0.25) is 0 Å². The van der Waals surface area contributed by atoms with Crippen LogP contribution in [0.5, 0.6) is 0 Å². The number of benzene rings is 1. The SMILES string of the molecule is In1ncc2ncc3ccccc3c21. The van der Waals surface area contributed by atoms with Gasteiger partial charge in [-0.2, -0.15) is 5.10 Å². The molecule has 0 bridgehead atoms. The molecule has 0 saturated carbocycles. The molecule has 0 aliphatic rings. The third-order valence-corrected chi connectivity index (χ3v) is 3.00. The second-order valence-corrected chi connectivity index (χ2v) is 4.00. The number of pyridine rings is 1. The lowest BCUT2D eigenvalue weighted by Gasteiger charge is -1.98. The maximum absolute atomic E-state index is 4.34. The van der Waals surface area contributed by atoms with Crippen molar-refractivity contribution in [1.82, 2.24) is 13.0 Å². The molecular formula is C10H6IN3. The summed E-state index contributed by atoms with van der Waals surface area (Å²) in [6.07, 6.45) is 3.67. The second kappa shape index (κ2) is 2.91. The van der Waals surface area contributed by atoms with Crippen LogP contribution in [0.2, 0.25) is 0 Å². The van der Waals surface area contributed by atoms with Crippen LogP contribution in [0.1, 0.15) is 0 Å². The Balaban J connectivity index is 2.65. The summed E-state index contributed by atoms with van der Waals surface area (Å²) in [7, 11) is 0. The molecule has 2 aromatic heterocycles. The zero-order valence-corrected chi connectivity index (χ0v) is 9.34. The van der Waals surface area contributed by atoms with Gasteiger partial charge in [-0.3, -0.25) is 4.98 Å². The van der Waals surface area contributed by atoms with Gasteiger partial charge in [0.15, 0.2) is 0 Å². The van der Waals surface area contributed by atoms with E-state index in [9.17, 15) is 0 Å². The molecule has 0 radical (unpaired) electrons. The van der Waals surface area contributed by atoms with Gasteiger partial charge in [-0.15, -0.1) is 0 Å². The summed E-state index contributed by atoms with van der Waals surface area (Å²) in [6, 6.07) is 8.21. The van der Waals surface area contributed by atoms with E-state index >= 15 is 0 Å². The lowest BCUT2D eigenvalue weighted by molar-refractivity contribution is 1.09. The lowest BCUT2D eigenvalue weighted by atomic mass is 10.1. The van der Waals surface area contributed by atoms with Crippen LogP contribution in [-0.2, 0) is 0 Å². The first kappa shape index (κ1) is 8.16. The molecule has 0 spiro atoms. The van der Waals surface area contributed by atoms with Crippen LogP contribution < -0.4 is 0 Å². The number of halogens is 1. The Hall–Kier alpha value is -1.17. The summed E-state index contributed by atoms with van der Waals surface area (Å²) >= 11 is 2.17. The van der Waals surface area contributed by atoms with E-state index in [0.29, 0.717) is 0 Å². The number of hydrogen-bond acceptors (Lipinski definition) is 2. The third-order valence-electron chi connectivity index (χ3n) is 2.27. The van der Waals surface area contributed by atoms with Crippen molar-refractivity contribution in [2.24, 2.45) is 0 Å². The van der Waals surface area contributed by atoms with Gasteiger partial charge in [0.25, 0.3) is 0 Å². The summed E-state index contributed by atoms with van der Waals surface area (Å²) in [4.78, 5) is 4.34. The van der Waals surface area contributed by atoms with Crippen LogP contribution in [-0.4, -0.2) is 13.0 Å². The molecule has 2 heterocycles. The first-order chi connectivity index (χ1) is 6.86. The van der Waals surface area contributed by atoms with E-state index < -0.39 is 0 Å². The minimum absolute atomic E-state index is 0.943. The zero-order valence-electron chi connectivity index (χ0n) is 7.18. The second-order valence-electron chi connectivity index (χ2n) is 3.08. The summed E-state index contributed by atoms with van der Waals surface area (Å²) in [5.74, 6) is 0. The molecule has 0 aliphatic heterocycles. The predicted octanol–water partition coefficient (Wildman–Crippen LogP) is 2.78. The average molecular weight is 295 g/mol. The Bertz CT molecular complexity index is 615. The average Bonchev–Trinajstić information content (AvgIpc) is 2.61. The van der Waals surface area contributed by atoms with Crippen molar-refractivity contribution < 1.29 is 0 Å². The highest BCUT2D eigenvalue weighted by Gasteiger charge is 2.05. The molecule has 0 unspecified atom stereocenters. The summed E-state index contributed by atoms with van der Waals surface area (Å²) in [5.41, 5.74) is 2.03. The Kier molecular flexibility index (Phi) is 1.70. The predicted molar refractivity (Wildman–Crippen MR) is 64.5 cm³/mol. The van der Waals surface area contributed by atoms with Crippen molar-refractivity contribution >= 4 is 44.7 Å². The molecule has 0 N–H and O–H groups in total. The zero-order chi connectivity index (χ0) is 9.54. The van der Waals surface area contributed by atoms with Crippen molar-refractivity contribution in [2.45, 2.75) is 0 Å². The molecule has 4 heteroatoms. The highest BCUT2D eigenvalue weighted by molar-refractivity contribution is 14.1. The van der Waals surface area contributed by atoms with Crippen LogP contribution in [0, 0.1) is 0 Å². The van der Waals surface area contributed by atoms with E-state index in [1.165, 1.54) is 5.39 Å². The van der Waals surface area contributed by atoms with Gasteiger partial charge < -0.3 is 0 Å². The highest BCUT2D eigenvalue weighted by Crippen LogP contribution is 2.23. The van der Waals surface area contributed by atoms with Crippen molar-refractivity contribution in [2.75, 3.05) is 0 Å². The molecule has 1 aromatic carbocycles. The quantitative estimate of drug-likeness (QED) is 0.597. The van der Waals surface area contributed by atoms with Crippen LogP contribution in [0.3, 0.4) is 0 Å². The van der Waals surface area contributed by atoms with Crippen molar-refractivity contribution in [1.29, 1.82) is 0 Å². The summed E-state index contributed by atoms with van der Waals surface area (Å²) < 4.78 is 1.84. The van der Waals surface area contributed by atoms with Gasteiger partial charge in [-0.1, -0.05) is 24.3 Å². The van der Waals surface area contributed by atoms with Crippen LogP contribution >= 0.6 is 22.9 Å². The van der Waals surface area contributed by atoms with Crippen LogP contribution in [0.15, 0.2) is 36.7 Å². The number of rotatable bonds is 0. The van der Waals surface area contributed by atoms with E-state index in [1.807, 2.05) is 21.2 Å². The number of aromatic nitrogens is 3. The Labute approximate surface area is 94.2 Å². The topological polar surface area (TPSA) is 30.7 Å². The molecule has 0 amide bonds. The first-order valence-electron chi connectivity index (χ1n) is 4.24. The molecule has 0 fully saturated rings. The fourth-order valence-corrected chi connectivity index (χ4v) is 2.25. The van der Waals surface area contributed by atoms with Gasteiger partial charge in [-0.05, 0) is 0 Å². The maximum Gasteiger partial charge on any atom is 0.110 e. The van der Waals surface area contributed by atoms with Gasteiger partial charge in [0.1, 0.15) is 11.0 Å². The number of nitrogens with zero attached hydrogens (tertiary/aromatic N) is 3. The van der Waals surface area contributed by atoms with Crippen molar-refractivity contribution in [3.63, 3.8) is 0 Å². The van der Waals surface area contributed by atoms with Gasteiger partial charge in [-0.25, -0.2) is 2.90 Å². The van der Waals surface area contributed by atoms with Crippen molar-refractivity contribution in [3.8, 4) is 0 Å². The monoisotopic (exact) mass is 295 g/mol. The Morgan fingerprint density at radius 1 is 1.14 bits per heavy atom. The summed E-state index contributed by atoms with van der Waals surface area (Å²) in [6.45, 7) is 0. The molecule has 3 rings (SSSR count). The molecule has 0 atom stereocenters. The minimum Gasteiger partial charge on any atom is -0.252 e. The highest BCUT2D eigenvalue weighted by atomic mass is 127. The normalized spacial score (nSPS) is 11.2. The largest absolute Gasteiger partial charge is 0.252 e. The van der Waals surface area contributed by atoms with Crippen LogP contribution in [0.25, 0.3) is 21.8 Å². The van der Waals surface area contributed by atoms with Gasteiger partial charge in [0, 0.05) is 17.0 Å². The molecule has 0 saturated heterocycles. The fraction of sp³-hybridized carbons (Fsp3) is 0. The summed E-state index contributed by atoms with van der Waals surface area (Å²) in [5, 5.41) is 6.54. The lowest BCUT2D eigenvalue weighted by Crippen LogP contribution is -1.83. The van der Waals surface area contributed by atoms with Crippen molar-refractivity contribution in [3.05, 3.63) is 36.7 Å². The molecule has 0 aliphatic carbocycles. The third kappa shape index (κ3) is 1.03. The molecular weight excluding hydrogens is 289 g/mol. The van der Waals surface area contributed by atoms with E-state index in [2.05, 4.69) is 45.1 Å². The van der Waals surface area contributed by atoms with Gasteiger partial charge >= 0.3 is 0 Å². The first-order valence-corrected chi connectivity index (χ1v) is 5.20. The minimum atomic E-state index is 0.943. The van der Waals surface area contributed by atoms with E-state index in [1.54, 1.807) is 6.20 Å². The Morgan fingerprint density at radius 3 is 2.93 bits per heavy atom. The Morgan fingerprint density at radius 2 is 2.00 bits per heavy atom. The van der Waals surface area contributed by atoms with E-state index in [-0.39, 0.29) is 0 Å². The van der Waals surface area contributed by atoms with E-state index in [0.717, 1.165) is 16.4 Å². The molecule has 14 heavy (non-hydrogen) atoms. The van der Waals surface area contributed by atoms with Crippen LogP contribution in [0.4, 0.5) is 0 Å². The van der Waals surface area contributed by atoms with E-state index in [4.69, 9.17) is 0 Å².